The third kappa shape index (κ3) is 1.59. The van der Waals surface area contributed by atoms with Crippen molar-refractivity contribution in [2.45, 2.75) is 57.2 Å². The van der Waals surface area contributed by atoms with Gasteiger partial charge < -0.3 is 10.1 Å². The second kappa shape index (κ2) is 3.49. The fraction of sp³-hybridized carbons (Fsp3) is 1.00. The van der Waals surface area contributed by atoms with Gasteiger partial charge in [-0.05, 0) is 38.0 Å². The minimum Gasteiger partial charge on any atom is -0.377 e. The molecule has 0 amide bonds. The Hall–Kier alpha value is -0.0800. The SMILES string of the molecule is C[C@H]1OCC[C@H]1NC1CCC[C@H]2C[C@@H]12. The molecular weight excluding hydrogens is 174 g/mol. The standard InChI is InChI=1S/C12H21NO/c1-8-11(5-6-14-8)13-12-4-2-3-9-7-10(9)12/h8-13H,2-7H2,1H3/t8-,9+,10-,11-,12?/m1/s1. The third-order valence-electron chi connectivity index (χ3n) is 4.39. The van der Waals surface area contributed by atoms with Gasteiger partial charge in [0.15, 0.2) is 0 Å². The molecule has 0 aromatic heterocycles. The summed E-state index contributed by atoms with van der Waals surface area (Å²) in [5.41, 5.74) is 0. The van der Waals surface area contributed by atoms with Gasteiger partial charge in [-0.2, -0.15) is 0 Å². The van der Waals surface area contributed by atoms with E-state index in [1.807, 2.05) is 0 Å². The van der Waals surface area contributed by atoms with E-state index in [-0.39, 0.29) is 0 Å². The molecule has 1 heterocycles. The molecule has 0 spiro atoms. The molecule has 2 saturated carbocycles. The highest BCUT2D eigenvalue weighted by Crippen LogP contribution is 2.49. The highest BCUT2D eigenvalue weighted by Gasteiger charge is 2.46. The van der Waals surface area contributed by atoms with Crippen LogP contribution in [0.4, 0.5) is 0 Å². The highest BCUT2D eigenvalue weighted by atomic mass is 16.5. The van der Waals surface area contributed by atoms with Gasteiger partial charge in [0.05, 0.1) is 6.10 Å². The molecule has 1 N–H and O–H groups in total. The maximum absolute atomic E-state index is 5.59. The molecule has 1 aliphatic heterocycles. The number of rotatable bonds is 2. The molecule has 80 valence electrons. The third-order valence-corrected chi connectivity index (χ3v) is 4.39. The summed E-state index contributed by atoms with van der Waals surface area (Å²) < 4.78 is 5.59. The Morgan fingerprint density at radius 2 is 2.07 bits per heavy atom. The molecule has 5 atom stereocenters. The van der Waals surface area contributed by atoms with Crippen LogP contribution in [0.2, 0.25) is 0 Å². The van der Waals surface area contributed by atoms with Crippen molar-refractivity contribution in [3.8, 4) is 0 Å². The number of hydrogen-bond donors (Lipinski definition) is 1. The Kier molecular flexibility index (Phi) is 2.29. The van der Waals surface area contributed by atoms with Gasteiger partial charge in [0.2, 0.25) is 0 Å². The average Bonchev–Trinajstić information content (AvgIpc) is 2.87. The Balaban J connectivity index is 1.56. The van der Waals surface area contributed by atoms with Crippen molar-refractivity contribution in [3.05, 3.63) is 0 Å². The van der Waals surface area contributed by atoms with E-state index in [1.54, 1.807) is 0 Å². The van der Waals surface area contributed by atoms with E-state index in [0.717, 1.165) is 24.5 Å². The van der Waals surface area contributed by atoms with Crippen LogP contribution in [0, 0.1) is 11.8 Å². The Morgan fingerprint density at radius 3 is 2.86 bits per heavy atom. The second-order valence-electron chi connectivity index (χ2n) is 5.33. The zero-order valence-corrected chi connectivity index (χ0v) is 9.04. The van der Waals surface area contributed by atoms with Crippen LogP contribution in [0.15, 0.2) is 0 Å². The van der Waals surface area contributed by atoms with Gasteiger partial charge in [0.25, 0.3) is 0 Å². The van der Waals surface area contributed by atoms with E-state index in [0.29, 0.717) is 12.1 Å². The molecule has 0 bridgehead atoms. The van der Waals surface area contributed by atoms with Crippen LogP contribution in [0.5, 0.6) is 0 Å². The summed E-state index contributed by atoms with van der Waals surface area (Å²) in [6, 6.07) is 1.46. The van der Waals surface area contributed by atoms with E-state index in [9.17, 15) is 0 Å². The van der Waals surface area contributed by atoms with Crippen LogP contribution in [0.1, 0.15) is 39.0 Å². The lowest BCUT2D eigenvalue weighted by Gasteiger charge is -2.27. The molecule has 0 radical (unpaired) electrons. The van der Waals surface area contributed by atoms with E-state index in [1.165, 1.54) is 32.1 Å². The lowest BCUT2D eigenvalue weighted by atomic mass is 9.94. The van der Waals surface area contributed by atoms with Crippen molar-refractivity contribution >= 4 is 0 Å². The summed E-state index contributed by atoms with van der Waals surface area (Å²) in [6.07, 6.45) is 7.51. The number of ether oxygens (including phenoxy) is 1. The summed E-state index contributed by atoms with van der Waals surface area (Å²) in [4.78, 5) is 0. The van der Waals surface area contributed by atoms with Crippen LogP contribution < -0.4 is 5.32 Å². The van der Waals surface area contributed by atoms with Crippen LogP contribution in [-0.4, -0.2) is 24.8 Å². The maximum atomic E-state index is 5.59. The summed E-state index contributed by atoms with van der Waals surface area (Å²) >= 11 is 0. The normalized spacial score (nSPS) is 51.6. The molecule has 2 aliphatic carbocycles. The number of nitrogens with one attached hydrogen (secondary N) is 1. The summed E-state index contributed by atoms with van der Waals surface area (Å²) in [5, 5.41) is 3.83. The van der Waals surface area contributed by atoms with Gasteiger partial charge in [-0.3, -0.25) is 0 Å². The smallest absolute Gasteiger partial charge is 0.0700 e. The van der Waals surface area contributed by atoms with Gasteiger partial charge in [0.1, 0.15) is 0 Å². The van der Waals surface area contributed by atoms with Crippen LogP contribution in [-0.2, 0) is 4.74 Å². The van der Waals surface area contributed by atoms with E-state index < -0.39 is 0 Å². The Morgan fingerprint density at radius 1 is 1.14 bits per heavy atom. The largest absolute Gasteiger partial charge is 0.377 e. The topological polar surface area (TPSA) is 21.3 Å². The zero-order valence-electron chi connectivity index (χ0n) is 9.04. The van der Waals surface area contributed by atoms with Crippen molar-refractivity contribution in [1.29, 1.82) is 0 Å². The summed E-state index contributed by atoms with van der Waals surface area (Å²) in [5.74, 6) is 2.11. The minimum absolute atomic E-state index is 0.439. The number of hydrogen-bond acceptors (Lipinski definition) is 2. The Labute approximate surface area is 86.4 Å². The minimum atomic E-state index is 0.439. The zero-order chi connectivity index (χ0) is 9.54. The molecular formula is C12H21NO. The lowest BCUT2D eigenvalue weighted by molar-refractivity contribution is 0.108. The van der Waals surface area contributed by atoms with Gasteiger partial charge in [-0.15, -0.1) is 0 Å². The second-order valence-corrected chi connectivity index (χ2v) is 5.33. The Bertz CT molecular complexity index is 218. The molecule has 0 aromatic rings. The van der Waals surface area contributed by atoms with Crippen molar-refractivity contribution in [1.82, 2.24) is 5.32 Å². The first-order chi connectivity index (χ1) is 6.84. The molecule has 3 rings (SSSR count). The molecule has 2 nitrogen and oxygen atoms in total. The molecule has 3 aliphatic rings. The van der Waals surface area contributed by atoms with Crippen molar-refractivity contribution in [2.24, 2.45) is 11.8 Å². The van der Waals surface area contributed by atoms with Crippen molar-refractivity contribution < 1.29 is 4.74 Å². The van der Waals surface area contributed by atoms with Gasteiger partial charge in [-0.25, -0.2) is 0 Å². The van der Waals surface area contributed by atoms with Crippen LogP contribution in [0.25, 0.3) is 0 Å². The first kappa shape index (κ1) is 9.17. The fourth-order valence-corrected chi connectivity index (χ4v) is 3.34. The van der Waals surface area contributed by atoms with Crippen LogP contribution >= 0.6 is 0 Å². The van der Waals surface area contributed by atoms with Crippen molar-refractivity contribution in [3.63, 3.8) is 0 Å². The average molecular weight is 195 g/mol. The van der Waals surface area contributed by atoms with Crippen molar-refractivity contribution in [2.75, 3.05) is 6.61 Å². The van der Waals surface area contributed by atoms with E-state index in [2.05, 4.69) is 12.2 Å². The van der Waals surface area contributed by atoms with E-state index in [4.69, 9.17) is 4.74 Å². The molecule has 2 heteroatoms. The van der Waals surface area contributed by atoms with Gasteiger partial charge in [0, 0.05) is 18.7 Å². The summed E-state index contributed by atoms with van der Waals surface area (Å²) in [6.45, 7) is 3.16. The molecule has 3 fully saturated rings. The fourth-order valence-electron chi connectivity index (χ4n) is 3.34. The number of fused-ring (bicyclic) bond motifs is 1. The molecule has 14 heavy (non-hydrogen) atoms. The van der Waals surface area contributed by atoms with Gasteiger partial charge >= 0.3 is 0 Å². The first-order valence-corrected chi connectivity index (χ1v) is 6.22. The summed E-state index contributed by atoms with van der Waals surface area (Å²) in [7, 11) is 0. The monoisotopic (exact) mass is 195 g/mol. The molecule has 1 unspecified atom stereocenters. The predicted octanol–water partition coefficient (Wildman–Crippen LogP) is 1.94. The predicted molar refractivity (Wildman–Crippen MR) is 56.2 cm³/mol. The lowest BCUT2D eigenvalue weighted by Crippen LogP contribution is -2.44. The molecule has 1 saturated heterocycles. The van der Waals surface area contributed by atoms with Gasteiger partial charge in [-0.1, -0.05) is 12.8 Å². The maximum Gasteiger partial charge on any atom is 0.0700 e. The quantitative estimate of drug-likeness (QED) is 0.727. The highest BCUT2D eigenvalue weighted by molar-refractivity contribution is 5.00. The van der Waals surface area contributed by atoms with E-state index >= 15 is 0 Å². The van der Waals surface area contributed by atoms with Crippen LogP contribution in [0.3, 0.4) is 0 Å². The molecule has 0 aromatic carbocycles. The first-order valence-electron chi connectivity index (χ1n) is 6.22.